The van der Waals surface area contributed by atoms with Crippen LogP contribution in [-0.4, -0.2) is 22.7 Å². The highest BCUT2D eigenvalue weighted by molar-refractivity contribution is 6.32. The molecule has 20 heavy (non-hydrogen) atoms. The maximum absolute atomic E-state index is 11.7. The van der Waals surface area contributed by atoms with Crippen LogP contribution in [0.3, 0.4) is 0 Å². The van der Waals surface area contributed by atoms with Crippen LogP contribution in [0.15, 0.2) is 34.9 Å². The number of nitrogens with zero attached hydrogens (tertiary/aromatic N) is 2. The van der Waals surface area contributed by atoms with Crippen molar-refractivity contribution < 1.29 is 14.5 Å². The van der Waals surface area contributed by atoms with Gasteiger partial charge >= 0.3 is 6.03 Å². The predicted octanol–water partition coefficient (Wildman–Crippen LogP) is 0.0898. The van der Waals surface area contributed by atoms with Crippen molar-refractivity contribution >= 4 is 29.5 Å². The number of amides is 3. The van der Waals surface area contributed by atoms with Crippen molar-refractivity contribution in [1.29, 1.82) is 0 Å². The molecule has 1 saturated heterocycles. The summed E-state index contributed by atoms with van der Waals surface area (Å²) in [6.07, 6.45) is 1.34. The fraction of sp³-hybridized carbons (Fsp3) is 0. The fourth-order valence-electron chi connectivity index (χ4n) is 1.61. The van der Waals surface area contributed by atoms with Crippen molar-refractivity contribution in [3.05, 3.63) is 45.5 Å². The summed E-state index contributed by atoms with van der Waals surface area (Å²) in [4.78, 5) is 32.9. The van der Waals surface area contributed by atoms with Gasteiger partial charge in [0.25, 0.3) is 11.6 Å². The van der Waals surface area contributed by atoms with Gasteiger partial charge in [-0.05, 0) is 11.6 Å². The van der Waals surface area contributed by atoms with Crippen molar-refractivity contribution in [3.63, 3.8) is 0 Å². The molecular weight excluding hydrogens is 266 g/mol. The molecule has 9 nitrogen and oxygen atoms in total. The van der Waals surface area contributed by atoms with Crippen molar-refractivity contribution in [2.45, 2.75) is 0 Å². The highest BCUT2D eigenvalue weighted by Crippen LogP contribution is 2.16. The number of nitro benzene ring substituents is 1. The lowest BCUT2D eigenvalue weighted by molar-refractivity contribution is -0.384. The third kappa shape index (κ3) is 2.61. The molecule has 0 spiro atoms. The molecule has 4 N–H and O–H groups in total. The normalized spacial score (nSPS) is 18.8. The van der Waals surface area contributed by atoms with Gasteiger partial charge in [0.1, 0.15) is 0 Å². The monoisotopic (exact) mass is 275 g/mol. The van der Waals surface area contributed by atoms with E-state index in [2.05, 4.69) is 10.4 Å². The maximum atomic E-state index is 11.7. The summed E-state index contributed by atoms with van der Waals surface area (Å²) in [6.45, 7) is 0. The van der Waals surface area contributed by atoms with E-state index in [4.69, 9.17) is 5.84 Å². The van der Waals surface area contributed by atoms with Crippen LogP contribution in [0, 0.1) is 10.1 Å². The minimum absolute atomic E-state index is 0.00704. The lowest BCUT2D eigenvalue weighted by Gasteiger charge is -2.16. The molecule has 0 aliphatic carbocycles. The summed E-state index contributed by atoms with van der Waals surface area (Å²) in [6, 6.07) is 4.91. The van der Waals surface area contributed by atoms with Gasteiger partial charge in [0.15, 0.2) is 5.84 Å². The number of nitrogens with two attached hydrogens (primary N) is 1. The number of hydrazone groups is 1. The van der Waals surface area contributed by atoms with Crippen LogP contribution < -0.4 is 16.5 Å². The Labute approximate surface area is 112 Å². The largest absolute Gasteiger partial charge is 0.327 e. The summed E-state index contributed by atoms with van der Waals surface area (Å²) in [7, 11) is 0. The van der Waals surface area contributed by atoms with Gasteiger partial charge in [-0.15, -0.1) is 0 Å². The first-order chi connectivity index (χ1) is 9.51. The topological polar surface area (TPSA) is 140 Å². The Balaban J connectivity index is 2.43. The molecule has 102 valence electrons. The quantitative estimate of drug-likeness (QED) is 0.303. The maximum Gasteiger partial charge on any atom is 0.327 e. The Morgan fingerprint density at radius 1 is 1.30 bits per heavy atom. The van der Waals surface area contributed by atoms with Crippen molar-refractivity contribution in [3.8, 4) is 0 Å². The number of carbonyl (C=O) groups is 2. The van der Waals surface area contributed by atoms with E-state index >= 15 is 0 Å². The number of nitrogens with one attached hydrogen (secondary N) is 2. The van der Waals surface area contributed by atoms with E-state index in [9.17, 15) is 19.7 Å². The molecule has 3 amide bonds. The molecule has 1 aliphatic heterocycles. The summed E-state index contributed by atoms with van der Waals surface area (Å²) in [5.41, 5.74) is 0.292. The standard InChI is InChI=1S/C11H9N5O4/c12-15-9-8(10(17)14-11(18)13-9)5-6-2-1-3-7(4-6)16(19)20/h1-5H,12H2,(H2,13,14,15,17,18)/b8-5-. The molecule has 0 aromatic heterocycles. The molecular formula is C11H9N5O4. The zero-order chi connectivity index (χ0) is 14.7. The average molecular weight is 275 g/mol. The Morgan fingerprint density at radius 3 is 2.70 bits per heavy atom. The highest BCUT2D eigenvalue weighted by Gasteiger charge is 2.26. The number of hydrogen-bond donors (Lipinski definition) is 3. The van der Waals surface area contributed by atoms with Gasteiger partial charge in [-0.25, -0.2) is 4.79 Å². The van der Waals surface area contributed by atoms with E-state index in [1.54, 1.807) is 6.07 Å². The van der Waals surface area contributed by atoms with Crippen molar-refractivity contribution in [2.24, 2.45) is 10.9 Å². The van der Waals surface area contributed by atoms with Crippen LogP contribution in [0.1, 0.15) is 5.56 Å². The number of urea groups is 1. The number of imide groups is 1. The zero-order valence-corrected chi connectivity index (χ0v) is 9.99. The Kier molecular flexibility index (Phi) is 3.42. The second kappa shape index (κ2) is 5.18. The van der Waals surface area contributed by atoms with E-state index in [-0.39, 0.29) is 17.1 Å². The molecule has 0 saturated carbocycles. The number of rotatable bonds is 2. The van der Waals surface area contributed by atoms with Crippen LogP contribution in [0.4, 0.5) is 10.5 Å². The zero-order valence-electron chi connectivity index (χ0n) is 9.99. The molecule has 1 heterocycles. The smallest absolute Gasteiger partial charge is 0.321 e. The Bertz CT molecular complexity index is 665. The molecule has 1 fully saturated rings. The van der Waals surface area contributed by atoms with E-state index in [1.807, 2.05) is 5.32 Å². The summed E-state index contributed by atoms with van der Waals surface area (Å²) in [5.74, 6) is 4.30. The van der Waals surface area contributed by atoms with Gasteiger partial charge in [0.05, 0.1) is 10.5 Å². The number of hydrogen-bond acceptors (Lipinski definition) is 6. The van der Waals surface area contributed by atoms with Gasteiger partial charge in [-0.2, -0.15) is 5.10 Å². The molecule has 0 radical (unpaired) electrons. The van der Waals surface area contributed by atoms with Crippen molar-refractivity contribution in [1.82, 2.24) is 10.6 Å². The number of nitro groups is 1. The first-order valence-corrected chi connectivity index (χ1v) is 5.38. The van der Waals surface area contributed by atoms with E-state index in [0.717, 1.165) is 0 Å². The number of non-ortho nitro benzene ring substituents is 1. The van der Waals surface area contributed by atoms with Gasteiger partial charge < -0.3 is 5.84 Å². The molecule has 2 rings (SSSR count). The first kappa shape index (κ1) is 13.2. The minimum Gasteiger partial charge on any atom is -0.321 e. The van der Waals surface area contributed by atoms with Crippen LogP contribution >= 0.6 is 0 Å². The molecule has 0 atom stereocenters. The molecule has 0 bridgehead atoms. The van der Waals surface area contributed by atoms with Crippen LogP contribution in [0.5, 0.6) is 0 Å². The average Bonchev–Trinajstić information content (AvgIpc) is 2.41. The number of amidine groups is 1. The first-order valence-electron chi connectivity index (χ1n) is 5.38. The van der Waals surface area contributed by atoms with E-state index in [1.165, 1.54) is 24.3 Å². The summed E-state index contributed by atoms with van der Waals surface area (Å²) >= 11 is 0. The SMILES string of the molecule is N/N=C1\NC(=O)NC(=O)\C1=C/c1cccc([N+](=O)[O-])c1. The number of benzene rings is 1. The second-order valence-corrected chi connectivity index (χ2v) is 3.80. The van der Waals surface area contributed by atoms with Gasteiger partial charge in [0.2, 0.25) is 0 Å². The summed E-state index contributed by atoms with van der Waals surface area (Å²) in [5, 5.41) is 18.3. The van der Waals surface area contributed by atoms with Gasteiger partial charge in [0, 0.05) is 12.1 Å². The molecule has 1 aromatic carbocycles. The molecule has 1 aliphatic rings. The highest BCUT2D eigenvalue weighted by atomic mass is 16.6. The predicted molar refractivity (Wildman–Crippen MR) is 69.4 cm³/mol. The third-order valence-electron chi connectivity index (χ3n) is 2.48. The second-order valence-electron chi connectivity index (χ2n) is 3.80. The van der Waals surface area contributed by atoms with Gasteiger partial charge in [-0.3, -0.25) is 25.5 Å². The fourth-order valence-corrected chi connectivity index (χ4v) is 1.61. The van der Waals surface area contributed by atoms with E-state index < -0.39 is 16.9 Å². The van der Waals surface area contributed by atoms with Crippen molar-refractivity contribution in [2.75, 3.05) is 0 Å². The lowest BCUT2D eigenvalue weighted by Crippen LogP contribution is -2.51. The molecule has 1 aromatic rings. The Hall–Kier alpha value is -3.23. The van der Waals surface area contributed by atoms with E-state index in [0.29, 0.717) is 5.56 Å². The minimum atomic E-state index is -0.740. The molecule has 0 unspecified atom stereocenters. The van der Waals surface area contributed by atoms with Crippen LogP contribution in [-0.2, 0) is 4.79 Å². The molecule has 9 heteroatoms. The van der Waals surface area contributed by atoms with Gasteiger partial charge in [-0.1, -0.05) is 12.1 Å². The lowest BCUT2D eigenvalue weighted by atomic mass is 10.1. The third-order valence-corrected chi connectivity index (χ3v) is 2.48. The number of carbonyl (C=O) groups excluding carboxylic acids is 2. The summed E-state index contributed by atoms with van der Waals surface area (Å²) < 4.78 is 0. The van der Waals surface area contributed by atoms with Crippen LogP contribution in [0.25, 0.3) is 6.08 Å². The van der Waals surface area contributed by atoms with Crippen LogP contribution in [0.2, 0.25) is 0 Å². The Morgan fingerprint density at radius 2 is 2.05 bits per heavy atom.